The molecule has 24 heavy (non-hydrogen) atoms. The van der Waals surface area contributed by atoms with E-state index in [0.717, 1.165) is 33.3 Å². The van der Waals surface area contributed by atoms with Gasteiger partial charge in [0.25, 0.3) is 5.91 Å². The first-order chi connectivity index (χ1) is 11.4. The van der Waals surface area contributed by atoms with Gasteiger partial charge in [0.2, 0.25) is 0 Å². The maximum Gasteiger partial charge on any atom is 0.254 e. The third-order valence-corrected chi connectivity index (χ3v) is 4.06. The fourth-order valence-electron chi connectivity index (χ4n) is 2.77. The number of aromatic nitrogens is 3. The number of hydrogen-bond acceptors (Lipinski definition) is 4. The molecule has 122 valence electrons. The number of nitrogens with zero attached hydrogens (tertiary/aromatic N) is 4. The Morgan fingerprint density at radius 3 is 2.33 bits per heavy atom. The molecule has 0 aliphatic carbocycles. The fourth-order valence-corrected chi connectivity index (χ4v) is 2.77. The summed E-state index contributed by atoms with van der Waals surface area (Å²) >= 11 is 0. The van der Waals surface area contributed by atoms with Crippen LogP contribution in [0, 0.1) is 20.8 Å². The molecule has 0 N–H and O–H groups in total. The number of aryl methyl sites for hydroxylation is 2. The third-order valence-electron chi connectivity index (χ3n) is 4.06. The number of hydrogen-bond donors (Lipinski definition) is 0. The second-order valence-corrected chi connectivity index (χ2v) is 6.20. The molecule has 0 saturated heterocycles. The first-order valence-electron chi connectivity index (χ1n) is 7.80. The lowest BCUT2D eigenvalue weighted by Gasteiger charge is -2.17. The monoisotopic (exact) mass is 320 g/mol. The number of fused-ring (bicyclic) bond motifs is 1. The molecule has 0 radical (unpaired) electrons. The first-order valence-corrected chi connectivity index (χ1v) is 7.80. The maximum atomic E-state index is 12.8. The van der Waals surface area contributed by atoms with Gasteiger partial charge in [-0.1, -0.05) is 11.6 Å². The lowest BCUT2D eigenvalue weighted by atomic mass is 9.97. The Kier molecular flexibility index (Phi) is 4.01. The Balaban J connectivity index is 2.36. The molecule has 0 atom stereocenters. The molecule has 0 bridgehead atoms. The highest BCUT2D eigenvalue weighted by molar-refractivity contribution is 6.08. The van der Waals surface area contributed by atoms with Crippen molar-refractivity contribution in [2.45, 2.75) is 20.8 Å². The summed E-state index contributed by atoms with van der Waals surface area (Å²) < 4.78 is 0. The van der Waals surface area contributed by atoms with Crippen molar-refractivity contribution in [2.24, 2.45) is 0 Å². The average molecular weight is 320 g/mol. The quantitative estimate of drug-likeness (QED) is 0.727. The zero-order valence-corrected chi connectivity index (χ0v) is 14.6. The number of pyridine rings is 1. The number of carbonyl (C=O) groups excluding carboxylic acids is 1. The van der Waals surface area contributed by atoms with E-state index in [1.807, 2.05) is 39.0 Å². The molecule has 1 amide bonds. The zero-order chi connectivity index (χ0) is 17.4. The van der Waals surface area contributed by atoms with Gasteiger partial charge in [-0.15, -0.1) is 0 Å². The molecule has 0 fully saturated rings. The molecule has 2 aromatic heterocycles. The van der Waals surface area contributed by atoms with Crippen molar-refractivity contribution in [3.63, 3.8) is 0 Å². The van der Waals surface area contributed by atoms with Gasteiger partial charge >= 0.3 is 0 Å². The van der Waals surface area contributed by atoms with E-state index in [4.69, 9.17) is 4.98 Å². The van der Waals surface area contributed by atoms with E-state index in [2.05, 4.69) is 9.97 Å². The highest BCUT2D eigenvalue weighted by atomic mass is 16.2. The van der Waals surface area contributed by atoms with Crippen LogP contribution in [0.15, 0.2) is 30.6 Å². The Morgan fingerprint density at radius 1 is 1.04 bits per heavy atom. The zero-order valence-electron chi connectivity index (χ0n) is 14.6. The molecule has 0 saturated carbocycles. The van der Waals surface area contributed by atoms with Crippen molar-refractivity contribution >= 4 is 16.8 Å². The molecule has 0 spiro atoms. The summed E-state index contributed by atoms with van der Waals surface area (Å²) in [6.45, 7) is 5.79. The van der Waals surface area contributed by atoms with Gasteiger partial charge in [-0.25, -0.2) is 15.0 Å². The number of amides is 1. The van der Waals surface area contributed by atoms with Crippen molar-refractivity contribution in [2.75, 3.05) is 14.1 Å². The van der Waals surface area contributed by atoms with Crippen LogP contribution in [-0.2, 0) is 0 Å². The highest BCUT2D eigenvalue weighted by Gasteiger charge is 2.20. The van der Waals surface area contributed by atoms with Crippen LogP contribution in [0.1, 0.15) is 27.3 Å². The van der Waals surface area contributed by atoms with Crippen LogP contribution in [-0.4, -0.2) is 39.9 Å². The molecule has 5 nitrogen and oxygen atoms in total. The first kappa shape index (κ1) is 16.1. The van der Waals surface area contributed by atoms with E-state index >= 15 is 0 Å². The van der Waals surface area contributed by atoms with E-state index < -0.39 is 0 Å². The number of benzene rings is 1. The van der Waals surface area contributed by atoms with Gasteiger partial charge in [-0.3, -0.25) is 4.79 Å². The van der Waals surface area contributed by atoms with E-state index in [0.29, 0.717) is 11.4 Å². The average Bonchev–Trinajstić information content (AvgIpc) is 2.55. The van der Waals surface area contributed by atoms with Crippen molar-refractivity contribution in [1.82, 2.24) is 19.9 Å². The van der Waals surface area contributed by atoms with Crippen LogP contribution < -0.4 is 0 Å². The molecule has 2 heterocycles. The standard InChI is InChI=1S/C19H20N4O/c1-11-6-7-16-15(8-11)17(19(24)23(4)5)12(2)18(22-16)14-9-20-13(3)21-10-14/h6-10H,1-5H3. The van der Waals surface area contributed by atoms with Crippen LogP contribution in [0.3, 0.4) is 0 Å². The third kappa shape index (κ3) is 2.73. The summed E-state index contributed by atoms with van der Waals surface area (Å²) in [4.78, 5) is 27.7. The van der Waals surface area contributed by atoms with Gasteiger partial charge in [-0.2, -0.15) is 0 Å². The summed E-state index contributed by atoms with van der Waals surface area (Å²) in [5, 5.41) is 0.878. The Hall–Kier alpha value is -2.82. The van der Waals surface area contributed by atoms with Crippen molar-refractivity contribution in [1.29, 1.82) is 0 Å². The fraction of sp³-hybridized carbons (Fsp3) is 0.263. The van der Waals surface area contributed by atoms with Crippen molar-refractivity contribution in [3.05, 3.63) is 53.1 Å². The van der Waals surface area contributed by atoms with Gasteiger partial charge in [0.05, 0.1) is 16.8 Å². The maximum absolute atomic E-state index is 12.8. The van der Waals surface area contributed by atoms with Gasteiger partial charge in [0.1, 0.15) is 5.82 Å². The van der Waals surface area contributed by atoms with E-state index in [9.17, 15) is 4.79 Å². The topological polar surface area (TPSA) is 59.0 Å². The van der Waals surface area contributed by atoms with Gasteiger partial charge in [0.15, 0.2) is 0 Å². The molecule has 5 heteroatoms. The van der Waals surface area contributed by atoms with Crippen LogP contribution in [0.4, 0.5) is 0 Å². The van der Waals surface area contributed by atoms with E-state index in [1.54, 1.807) is 31.4 Å². The van der Waals surface area contributed by atoms with E-state index in [1.165, 1.54) is 0 Å². The van der Waals surface area contributed by atoms with Crippen molar-refractivity contribution < 1.29 is 4.79 Å². The molecule has 1 aromatic carbocycles. The normalized spacial score (nSPS) is 10.9. The predicted molar refractivity (Wildman–Crippen MR) is 95.0 cm³/mol. The van der Waals surface area contributed by atoms with Gasteiger partial charge < -0.3 is 4.90 Å². The summed E-state index contributed by atoms with van der Waals surface area (Å²) in [6, 6.07) is 5.97. The molecule has 3 rings (SSSR count). The molecule has 0 unspecified atom stereocenters. The number of carbonyl (C=O) groups is 1. The molecule has 3 aromatic rings. The summed E-state index contributed by atoms with van der Waals surface area (Å²) in [7, 11) is 3.52. The summed E-state index contributed by atoms with van der Waals surface area (Å²) in [6.07, 6.45) is 3.50. The van der Waals surface area contributed by atoms with Gasteiger partial charge in [-0.05, 0) is 38.5 Å². The summed E-state index contributed by atoms with van der Waals surface area (Å²) in [5.74, 6) is 0.678. The Labute approximate surface area is 141 Å². The van der Waals surface area contributed by atoms with Crippen molar-refractivity contribution in [3.8, 4) is 11.3 Å². The molecule has 0 aliphatic rings. The Bertz CT molecular complexity index is 930. The minimum atomic E-state index is -0.0280. The smallest absolute Gasteiger partial charge is 0.254 e. The lowest BCUT2D eigenvalue weighted by Crippen LogP contribution is -2.23. The van der Waals surface area contributed by atoms with Crippen LogP contribution in [0.5, 0.6) is 0 Å². The minimum absolute atomic E-state index is 0.0280. The second-order valence-electron chi connectivity index (χ2n) is 6.20. The van der Waals surface area contributed by atoms with Gasteiger partial charge in [0, 0.05) is 37.4 Å². The number of rotatable bonds is 2. The lowest BCUT2D eigenvalue weighted by molar-refractivity contribution is 0.0829. The SMILES string of the molecule is Cc1ccc2nc(-c3cnc(C)nc3)c(C)c(C(=O)N(C)C)c2c1. The predicted octanol–water partition coefficient (Wildman–Crippen LogP) is 3.32. The van der Waals surface area contributed by atoms with Crippen LogP contribution in [0.2, 0.25) is 0 Å². The highest BCUT2D eigenvalue weighted by Crippen LogP contribution is 2.30. The summed E-state index contributed by atoms with van der Waals surface area (Å²) in [5.41, 5.74) is 4.99. The van der Waals surface area contributed by atoms with E-state index in [-0.39, 0.29) is 5.91 Å². The molecule has 0 aliphatic heterocycles. The van der Waals surface area contributed by atoms with Crippen LogP contribution in [0.25, 0.3) is 22.2 Å². The Morgan fingerprint density at radius 2 is 1.71 bits per heavy atom. The largest absolute Gasteiger partial charge is 0.345 e. The molecular weight excluding hydrogens is 300 g/mol. The second kappa shape index (κ2) is 6.00. The minimum Gasteiger partial charge on any atom is -0.345 e. The van der Waals surface area contributed by atoms with Crippen LogP contribution >= 0.6 is 0 Å². The molecular formula is C19H20N4O.